The van der Waals surface area contributed by atoms with E-state index in [9.17, 15) is 4.79 Å². The fourth-order valence-corrected chi connectivity index (χ4v) is 4.67. The fraction of sp³-hybridized carbons (Fsp3) is 0.526. The van der Waals surface area contributed by atoms with E-state index in [0.717, 1.165) is 37.3 Å². The van der Waals surface area contributed by atoms with Gasteiger partial charge in [-0.2, -0.15) is 0 Å². The van der Waals surface area contributed by atoms with Gasteiger partial charge < -0.3 is 9.47 Å². The Balaban J connectivity index is 2.00. The molecule has 122 valence electrons. The Bertz CT molecular complexity index is 709. The smallest absolute Gasteiger partial charge is 0.165 e. The highest BCUT2D eigenvalue weighted by molar-refractivity contribution is 5.91. The highest BCUT2D eigenvalue weighted by atomic mass is 16.5. The van der Waals surface area contributed by atoms with E-state index < -0.39 is 0 Å². The largest absolute Gasteiger partial charge is 0.493 e. The molecule has 0 saturated carbocycles. The Labute approximate surface area is 137 Å². The van der Waals surface area contributed by atoms with Gasteiger partial charge in [-0.3, -0.25) is 9.69 Å². The molecule has 0 fully saturated rings. The lowest BCUT2D eigenvalue weighted by Gasteiger charge is -2.32. The van der Waals surface area contributed by atoms with Gasteiger partial charge in [0.05, 0.1) is 14.2 Å². The molecule has 0 N–H and O–H groups in total. The average Bonchev–Trinajstić information content (AvgIpc) is 2.90. The van der Waals surface area contributed by atoms with Gasteiger partial charge in [0.1, 0.15) is 0 Å². The van der Waals surface area contributed by atoms with Gasteiger partial charge in [0.25, 0.3) is 0 Å². The lowest BCUT2D eigenvalue weighted by Crippen LogP contribution is -2.31. The van der Waals surface area contributed by atoms with E-state index in [4.69, 9.17) is 9.47 Å². The second-order valence-corrected chi connectivity index (χ2v) is 6.97. The summed E-state index contributed by atoms with van der Waals surface area (Å²) in [6.45, 7) is 1.06. The number of ether oxygens (including phenoxy) is 2. The number of allylic oxidation sites excluding steroid dienone is 2. The quantitative estimate of drug-likeness (QED) is 0.841. The zero-order valence-electron chi connectivity index (χ0n) is 14.0. The van der Waals surface area contributed by atoms with Crippen molar-refractivity contribution in [2.75, 3.05) is 27.8 Å². The molecule has 2 aliphatic carbocycles. The van der Waals surface area contributed by atoms with Crippen LogP contribution in [-0.4, -0.2) is 38.5 Å². The summed E-state index contributed by atoms with van der Waals surface area (Å²) in [5.41, 5.74) is 3.95. The van der Waals surface area contributed by atoms with Crippen LogP contribution >= 0.6 is 0 Å². The van der Waals surface area contributed by atoms with Crippen LogP contribution in [0.3, 0.4) is 0 Å². The van der Waals surface area contributed by atoms with E-state index in [2.05, 4.69) is 24.1 Å². The van der Waals surface area contributed by atoms with Gasteiger partial charge in [0.15, 0.2) is 17.3 Å². The van der Waals surface area contributed by atoms with E-state index >= 15 is 0 Å². The standard InChI is InChI=1S/C19H23NO3/c1-20-9-6-12-10-15(22-2)18(23-3)17-16(12)14(20)11-19(17)7-4-13(21)5-8-19/h4,7,10,14H,5-6,8-9,11H2,1-3H3/t14-,19+/m0/s1. The summed E-state index contributed by atoms with van der Waals surface area (Å²) in [5.74, 6) is 1.89. The minimum Gasteiger partial charge on any atom is -0.493 e. The minimum atomic E-state index is -0.0961. The number of hydrogen-bond acceptors (Lipinski definition) is 4. The molecule has 0 amide bonds. The normalized spacial score (nSPS) is 29.0. The molecule has 1 aromatic carbocycles. The zero-order valence-corrected chi connectivity index (χ0v) is 14.0. The molecular formula is C19H23NO3. The molecule has 0 radical (unpaired) electrons. The van der Waals surface area contributed by atoms with Crippen molar-refractivity contribution in [3.8, 4) is 11.5 Å². The van der Waals surface area contributed by atoms with E-state index in [1.54, 1.807) is 20.3 Å². The monoisotopic (exact) mass is 313 g/mol. The summed E-state index contributed by atoms with van der Waals surface area (Å²) in [6, 6.07) is 2.56. The lowest BCUT2D eigenvalue weighted by atomic mass is 9.73. The Morgan fingerprint density at radius 2 is 2.09 bits per heavy atom. The van der Waals surface area contributed by atoms with Crippen LogP contribution in [0.15, 0.2) is 18.2 Å². The van der Waals surface area contributed by atoms with Crippen molar-refractivity contribution in [1.29, 1.82) is 0 Å². The Hall–Kier alpha value is -1.81. The predicted molar refractivity (Wildman–Crippen MR) is 88.3 cm³/mol. The number of hydrogen-bond donors (Lipinski definition) is 0. The first kappa shape index (κ1) is 14.8. The number of rotatable bonds is 2. The minimum absolute atomic E-state index is 0.0961. The summed E-state index contributed by atoms with van der Waals surface area (Å²) >= 11 is 0. The summed E-state index contributed by atoms with van der Waals surface area (Å²) in [5, 5.41) is 0. The molecule has 0 bridgehead atoms. The maximum atomic E-state index is 11.7. The van der Waals surface area contributed by atoms with Crippen molar-refractivity contribution in [3.05, 3.63) is 34.9 Å². The van der Waals surface area contributed by atoms with Gasteiger partial charge in [-0.15, -0.1) is 0 Å². The highest BCUT2D eigenvalue weighted by Crippen LogP contribution is 2.59. The van der Waals surface area contributed by atoms with E-state index in [0.29, 0.717) is 12.5 Å². The molecule has 3 aliphatic rings. The van der Waals surface area contributed by atoms with Crippen LogP contribution in [0.5, 0.6) is 11.5 Å². The van der Waals surface area contributed by atoms with E-state index in [1.807, 2.05) is 0 Å². The fourth-order valence-electron chi connectivity index (χ4n) is 4.67. The molecule has 1 aromatic rings. The molecule has 0 unspecified atom stereocenters. The topological polar surface area (TPSA) is 38.8 Å². The third-order valence-electron chi connectivity index (χ3n) is 5.86. The number of fused-ring (bicyclic) bond motifs is 1. The van der Waals surface area contributed by atoms with E-state index in [-0.39, 0.29) is 11.2 Å². The van der Waals surface area contributed by atoms with Crippen LogP contribution in [0.1, 0.15) is 42.0 Å². The molecule has 1 spiro atoms. The van der Waals surface area contributed by atoms with Crippen LogP contribution in [0.25, 0.3) is 0 Å². The summed E-state index contributed by atoms with van der Waals surface area (Å²) in [7, 11) is 5.61. The molecule has 0 saturated heterocycles. The van der Waals surface area contributed by atoms with Crippen molar-refractivity contribution in [1.82, 2.24) is 4.90 Å². The van der Waals surface area contributed by atoms with Crippen LogP contribution in [0.4, 0.5) is 0 Å². The number of benzene rings is 1. The Morgan fingerprint density at radius 1 is 1.26 bits per heavy atom. The van der Waals surface area contributed by atoms with Crippen LogP contribution in [-0.2, 0) is 16.6 Å². The maximum absolute atomic E-state index is 11.7. The second-order valence-electron chi connectivity index (χ2n) is 6.97. The van der Waals surface area contributed by atoms with Crippen LogP contribution in [0.2, 0.25) is 0 Å². The maximum Gasteiger partial charge on any atom is 0.165 e. The molecule has 23 heavy (non-hydrogen) atoms. The number of likely N-dealkylation sites (N-methyl/N-ethyl adjacent to an activating group) is 1. The van der Waals surface area contributed by atoms with Crippen LogP contribution in [0, 0.1) is 0 Å². The highest BCUT2D eigenvalue weighted by Gasteiger charge is 2.49. The van der Waals surface area contributed by atoms with Gasteiger partial charge in [0, 0.05) is 30.0 Å². The molecule has 0 aromatic heterocycles. The van der Waals surface area contributed by atoms with Crippen molar-refractivity contribution in [2.45, 2.75) is 37.1 Å². The van der Waals surface area contributed by atoms with Crippen molar-refractivity contribution in [2.24, 2.45) is 0 Å². The van der Waals surface area contributed by atoms with Gasteiger partial charge in [-0.1, -0.05) is 6.08 Å². The number of nitrogens with zero attached hydrogens (tertiary/aromatic N) is 1. The zero-order chi connectivity index (χ0) is 16.2. The summed E-state index contributed by atoms with van der Waals surface area (Å²) < 4.78 is 11.4. The van der Waals surface area contributed by atoms with Crippen molar-refractivity contribution >= 4 is 5.78 Å². The molecule has 2 atom stereocenters. The number of carbonyl (C=O) groups is 1. The van der Waals surface area contributed by atoms with Crippen molar-refractivity contribution in [3.63, 3.8) is 0 Å². The first-order chi connectivity index (χ1) is 11.1. The number of methoxy groups -OCH3 is 2. The SMILES string of the molecule is COc1cc2c3c(c1OC)[C@@]1(C=CC(=O)CC1)C[C@@H]3N(C)CC2. The van der Waals surface area contributed by atoms with Gasteiger partial charge in [-0.25, -0.2) is 0 Å². The molecule has 1 heterocycles. The first-order valence-electron chi connectivity index (χ1n) is 8.30. The molecule has 4 rings (SSSR count). The molecule has 4 heteroatoms. The third kappa shape index (κ3) is 1.97. The molecule has 1 aliphatic heterocycles. The van der Waals surface area contributed by atoms with Gasteiger partial charge >= 0.3 is 0 Å². The average molecular weight is 313 g/mol. The predicted octanol–water partition coefficient (Wildman–Crippen LogP) is 2.79. The Morgan fingerprint density at radius 3 is 2.74 bits per heavy atom. The number of ketones is 1. The van der Waals surface area contributed by atoms with Crippen molar-refractivity contribution < 1.29 is 14.3 Å². The lowest BCUT2D eigenvalue weighted by molar-refractivity contribution is -0.115. The number of carbonyl (C=O) groups excluding carboxylic acids is 1. The molecular weight excluding hydrogens is 290 g/mol. The first-order valence-corrected chi connectivity index (χ1v) is 8.30. The van der Waals surface area contributed by atoms with Gasteiger partial charge in [0.2, 0.25) is 0 Å². The summed E-state index contributed by atoms with van der Waals surface area (Å²) in [6.07, 6.45) is 7.44. The van der Waals surface area contributed by atoms with Crippen LogP contribution < -0.4 is 9.47 Å². The summed E-state index contributed by atoms with van der Waals surface area (Å²) in [4.78, 5) is 14.2. The van der Waals surface area contributed by atoms with Gasteiger partial charge in [-0.05, 0) is 49.6 Å². The third-order valence-corrected chi connectivity index (χ3v) is 5.86. The van der Waals surface area contributed by atoms with E-state index in [1.165, 1.54) is 16.7 Å². The molecule has 4 nitrogen and oxygen atoms in total. The second kappa shape index (κ2) is 5.10. The Kier molecular flexibility index (Phi) is 3.27.